The molecule has 51 heavy (non-hydrogen) atoms. The second-order valence-electron chi connectivity index (χ2n) is 13.5. The molecule has 0 fully saturated rings. The molecule has 2 heterocycles. The normalized spacial score (nSPS) is 12.6. The third kappa shape index (κ3) is 5.35. The van der Waals surface area contributed by atoms with Gasteiger partial charge < -0.3 is 0 Å². The molecule has 0 spiro atoms. The molecule has 0 unspecified atom stereocenters. The molecule has 0 amide bonds. The van der Waals surface area contributed by atoms with Crippen LogP contribution in [0.15, 0.2) is 152 Å². The molecule has 0 atom stereocenters. The van der Waals surface area contributed by atoms with Crippen LogP contribution in [-0.2, 0) is 5.41 Å². The number of aromatic nitrogens is 4. The van der Waals surface area contributed by atoms with E-state index in [1.165, 1.54) is 22.3 Å². The first kappa shape index (κ1) is 30.3. The standard InChI is InChI=1S/C46H31N5/c1-46(2)40-22-29(28-47)15-18-38(40)39-19-16-33(27-41(39)46)36-24-35(32-17-20-42-34(23-32)14-9-21-48-42)25-37(26-36)45-50-43(30-10-5-3-6-11-30)49-44(51-45)31-12-7-4-8-13-31/h3-27H,1-2H3. The quantitative estimate of drug-likeness (QED) is 0.185. The maximum absolute atomic E-state index is 9.64. The molecule has 5 nitrogen and oxygen atoms in total. The van der Waals surface area contributed by atoms with Gasteiger partial charge in [0.2, 0.25) is 0 Å². The first-order valence-electron chi connectivity index (χ1n) is 17.0. The average Bonchev–Trinajstić information content (AvgIpc) is 3.42. The van der Waals surface area contributed by atoms with Crippen LogP contribution in [0.5, 0.6) is 0 Å². The highest BCUT2D eigenvalue weighted by Crippen LogP contribution is 2.50. The Kier molecular flexibility index (Phi) is 7.12. The Balaban J connectivity index is 1.25. The van der Waals surface area contributed by atoms with E-state index in [9.17, 15) is 5.26 Å². The van der Waals surface area contributed by atoms with Gasteiger partial charge in [-0.15, -0.1) is 0 Å². The Morgan fingerprint density at radius 1 is 0.471 bits per heavy atom. The molecule has 2 aromatic heterocycles. The van der Waals surface area contributed by atoms with E-state index in [-0.39, 0.29) is 5.41 Å². The van der Waals surface area contributed by atoms with E-state index in [2.05, 4.69) is 91.6 Å². The van der Waals surface area contributed by atoms with Gasteiger partial charge in [0.25, 0.3) is 0 Å². The summed E-state index contributed by atoms with van der Waals surface area (Å²) in [6, 6.07) is 52.3. The van der Waals surface area contributed by atoms with Crippen LogP contribution < -0.4 is 0 Å². The molecule has 0 saturated carbocycles. The minimum absolute atomic E-state index is 0.261. The van der Waals surface area contributed by atoms with E-state index in [0.717, 1.165) is 49.8 Å². The summed E-state index contributed by atoms with van der Waals surface area (Å²) >= 11 is 0. The van der Waals surface area contributed by atoms with Crippen LogP contribution in [0.2, 0.25) is 0 Å². The van der Waals surface area contributed by atoms with E-state index >= 15 is 0 Å². The van der Waals surface area contributed by atoms with Gasteiger partial charge in [-0.1, -0.05) is 105 Å². The van der Waals surface area contributed by atoms with Crippen molar-refractivity contribution in [1.29, 1.82) is 5.26 Å². The minimum atomic E-state index is -0.261. The highest BCUT2D eigenvalue weighted by Gasteiger charge is 2.36. The Morgan fingerprint density at radius 2 is 1.02 bits per heavy atom. The Hall–Kier alpha value is -6.77. The fourth-order valence-electron chi connectivity index (χ4n) is 7.27. The van der Waals surface area contributed by atoms with Crippen LogP contribution in [0.1, 0.15) is 30.5 Å². The molecule has 6 aromatic carbocycles. The summed E-state index contributed by atoms with van der Waals surface area (Å²) in [6.45, 7) is 4.49. The monoisotopic (exact) mass is 653 g/mol. The fraction of sp³-hybridized carbons (Fsp3) is 0.0652. The van der Waals surface area contributed by atoms with Crippen LogP contribution in [-0.4, -0.2) is 19.9 Å². The molecular formula is C46H31N5. The first-order chi connectivity index (χ1) is 24.9. The second kappa shape index (κ2) is 12.0. The van der Waals surface area contributed by atoms with Crippen LogP contribution in [0.25, 0.3) is 78.4 Å². The lowest BCUT2D eigenvalue weighted by atomic mass is 9.81. The number of fused-ring (bicyclic) bond motifs is 4. The van der Waals surface area contributed by atoms with Crippen molar-refractivity contribution in [1.82, 2.24) is 19.9 Å². The Morgan fingerprint density at radius 3 is 1.67 bits per heavy atom. The van der Waals surface area contributed by atoms with Crippen LogP contribution in [0.4, 0.5) is 0 Å². The molecule has 0 bridgehead atoms. The van der Waals surface area contributed by atoms with E-state index in [4.69, 9.17) is 15.0 Å². The fourth-order valence-corrected chi connectivity index (χ4v) is 7.27. The van der Waals surface area contributed by atoms with Gasteiger partial charge in [-0.2, -0.15) is 5.26 Å². The van der Waals surface area contributed by atoms with Crippen molar-refractivity contribution < 1.29 is 0 Å². The largest absolute Gasteiger partial charge is 0.256 e. The zero-order chi connectivity index (χ0) is 34.5. The predicted octanol–water partition coefficient (Wildman–Crippen LogP) is 10.9. The summed E-state index contributed by atoms with van der Waals surface area (Å²) < 4.78 is 0. The third-order valence-electron chi connectivity index (χ3n) is 9.97. The van der Waals surface area contributed by atoms with E-state index in [0.29, 0.717) is 23.0 Å². The molecule has 0 radical (unpaired) electrons. The van der Waals surface area contributed by atoms with Crippen molar-refractivity contribution in [2.45, 2.75) is 19.3 Å². The summed E-state index contributed by atoms with van der Waals surface area (Å²) in [5.41, 5.74) is 13.2. The summed E-state index contributed by atoms with van der Waals surface area (Å²) in [4.78, 5) is 19.7. The number of rotatable bonds is 5. The lowest BCUT2D eigenvalue weighted by Gasteiger charge is -2.22. The molecule has 1 aliphatic rings. The van der Waals surface area contributed by atoms with Crippen LogP contribution in [0.3, 0.4) is 0 Å². The first-order valence-corrected chi connectivity index (χ1v) is 17.0. The molecular weight excluding hydrogens is 623 g/mol. The summed E-state index contributed by atoms with van der Waals surface area (Å²) in [7, 11) is 0. The third-order valence-corrected chi connectivity index (χ3v) is 9.97. The van der Waals surface area contributed by atoms with Crippen molar-refractivity contribution in [2.75, 3.05) is 0 Å². The highest BCUT2D eigenvalue weighted by atomic mass is 15.0. The number of benzene rings is 6. The van der Waals surface area contributed by atoms with Gasteiger partial charge in [0, 0.05) is 33.7 Å². The van der Waals surface area contributed by atoms with Gasteiger partial charge in [0.15, 0.2) is 17.5 Å². The molecule has 0 N–H and O–H groups in total. The summed E-state index contributed by atoms with van der Waals surface area (Å²) in [5.74, 6) is 1.85. The van der Waals surface area contributed by atoms with Crippen molar-refractivity contribution in [2.24, 2.45) is 0 Å². The zero-order valence-corrected chi connectivity index (χ0v) is 28.2. The van der Waals surface area contributed by atoms with Gasteiger partial charge >= 0.3 is 0 Å². The smallest absolute Gasteiger partial charge is 0.164 e. The van der Waals surface area contributed by atoms with Crippen LogP contribution >= 0.6 is 0 Å². The molecule has 8 aromatic rings. The lowest BCUT2D eigenvalue weighted by Crippen LogP contribution is -2.15. The molecule has 5 heteroatoms. The van der Waals surface area contributed by atoms with Gasteiger partial charge in [-0.05, 0) is 99.1 Å². The number of hydrogen-bond acceptors (Lipinski definition) is 5. The topological polar surface area (TPSA) is 75.3 Å². The molecule has 1 aliphatic carbocycles. The molecule has 240 valence electrons. The molecule has 0 saturated heterocycles. The summed E-state index contributed by atoms with van der Waals surface area (Å²) in [5, 5.41) is 10.7. The number of nitriles is 1. The maximum atomic E-state index is 9.64. The average molecular weight is 654 g/mol. The Labute approximate surface area is 296 Å². The number of nitrogens with zero attached hydrogens (tertiary/aromatic N) is 5. The number of pyridine rings is 1. The SMILES string of the molecule is CC1(C)c2cc(C#N)ccc2-c2ccc(-c3cc(-c4ccc5ncccc5c4)cc(-c4nc(-c5ccccc5)nc(-c5ccccc5)n4)c3)cc21. The van der Waals surface area contributed by atoms with E-state index in [1.54, 1.807) is 0 Å². The lowest BCUT2D eigenvalue weighted by molar-refractivity contribution is 0.660. The second-order valence-corrected chi connectivity index (χ2v) is 13.5. The Bertz CT molecular complexity index is 2620. The van der Waals surface area contributed by atoms with E-state index < -0.39 is 0 Å². The van der Waals surface area contributed by atoms with Crippen molar-refractivity contribution in [3.05, 3.63) is 168 Å². The van der Waals surface area contributed by atoms with Crippen LogP contribution in [0, 0.1) is 11.3 Å². The van der Waals surface area contributed by atoms with Gasteiger partial charge in [0.05, 0.1) is 17.1 Å². The molecule has 9 rings (SSSR count). The van der Waals surface area contributed by atoms with Crippen molar-refractivity contribution >= 4 is 10.9 Å². The maximum Gasteiger partial charge on any atom is 0.164 e. The minimum Gasteiger partial charge on any atom is -0.256 e. The zero-order valence-electron chi connectivity index (χ0n) is 28.2. The predicted molar refractivity (Wildman–Crippen MR) is 205 cm³/mol. The van der Waals surface area contributed by atoms with Crippen molar-refractivity contribution in [3.8, 4) is 73.6 Å². The van der Waals surface area contributed by atoms with E-state index in [1.807, 2.05) is 85.1 Å². The van der Waals surface area contributed by atoms with Gasteiger partial charge in [-0.25, -0.2) is 15.0 Å². The number of hydrogen-bond donors (Lipinski definition) is 0. The summed E-state index contributed by atoms with van der Waals surface area (Å²) in [6.07, 6.45) is 1.82. The molecule has 0 aliphatic heterocycles. The van der Waals surface area contributed by atoms with Crippen molar-refractivity contribution in [3.63, 3.8) is 0 Å². The van der Waals surface area contributed by atoms with Gasteiger partial charge in [-0.3, -0.25) is 4.98 Å². The van der Waals surface area contributed by atoms with Gasteiger partial charge in [0.1, 0.15) is 0 Å². The highest BCUT2D eigenvalue weighted by molar-refractivity contribution is 5.89.